The maximum atomic E-state index is 14.1. The highest BCUT2D eigenvalue weighted by atomic mass is 16.2. The quantitative estimate of drug-likeness (QED) is 0.688. The summed E-state index contributed by atoms with van der Waals surface area (Å²) in [6.07, 6.45) is 1.77. The fraction of sp³-hybridized carbons (Fsp3) is 0.423. The summed E-state index contributed by atoms with van der Waals surface area (Å²) in [7, 11) is 0. The van der Waals surface area contributed by atoms with E-state index in [-0.39, 0.29) is 23.8 Å². The molecule has 6 heteroatoms. The summed E-state index contributed by atoms with van der Waals surface area (Å²) in [6.45, 7) is 7.17. The lowest BCUT2D eigenvalue weighted by atomic mass is 9.75. The molecular formula is C26H27N3O3. The van der Waals surface area contributed by atoms with Crippen molar-refractivity contribution < 1.29 is 14.4 Å². The van der Waals surface area contributed by atoms with Gasteiger partial charge in [0.15, 0.2) is 0 Å². The molecule has 0 unspecified atom stereocenters. The van der Waals surface area contributed by atoms with Gasteiger partial charge in [0.05, 0.1) is 17.5 Å². The predicted octanol–water partition coefficient (Wildman–Crippen LogP) is 3.15. The Morgan fingerprint density at radius 2 is 1.78 bits per heavy atom. The van der Waals surface area contributed by atoms with E-state index in [0.29, 0.717) is 12.2 Å². The minimum absolute atomic E-state index is 0.0516. The van der Waals surface area contributed by atoms with Gasteiger partial charge in [-0.1, -0.05) is 35.9 Å². The maximum Gasteiger partial charge on any atom is 0.253 e. The summed E-state index contributed by atoms with van der Waals surface area (Å²) in [5, 5.41) is 0. The third-order valence-corrected chi connectivity index (χ3v) is 8.05. The monoisotopic (exact) mass is 429 g/mol. The first-order valence-corrected chi connectivity index (χ1v) is 11.6. The molecule has 4 aliphatic rings. The van der Waals surface area contributed by atoms with E-state index in [1.807, 2.05) is 63.2 Å². The van der Waals surface area contributed by atoms with Gasteiger partial charge in [-0.25, -0.2) is 4.90 Å². The summed E-state index contributed by atoms with van der Waals surface area (Å²) < 4.78 is 0. The molecule has 2 aromatic carbocycles. The van der Waals surface area contributed by atoms with E-state index in [9.17, 15) is 14.4 Å². The first-order valence-electron chi connectivity index (χ1n) is 11.6. The summed E-state index contributed by atoms with van der Waals surface area (Å²) in [5.74, 6) is -1.61. The zero-order chi connectivity index (χ0) is 22.4. The molecule has 4 aliphatic heterocycles. The molecule has 0 aromatic heterocycles. The van der Waals surface area contributed by atoms with Crippen LogP contribution in [0.2, 0.25) is 0 Å². The largest absolute Gasteiger partial charge is 0.310 e. The van der Waals surface area contributed by atoms with Gasteiger partial charge in [0.1, 0.15) is 5.54 Å². The van der Waals surface area contributed by atoms with Crippen LogP contribution in [0.5, 0.6) is 0 Å². The Kier molecular flexibility index (Phi) is 4.01. The number of imide groups is 1. The van der Waals surface area contributed by atoms with Crippen molar-refractivity contribution in [2.24, 2.45) is 11.8 Å². The number of anilines is 2. The second-order valence-electron chi connectivity index (χ2n) is 9.54. The Morgan fingerprint density at radius 3 is 2.53 bits per heavy atom. The Hall–Kier alpha value is -2.99. The number of amides is 3. The highest BCUT2D eigenvalue weighted by Crippen LogP contribution is 2.61. The summed E-state index contributed by atoms with van der Waals surface area (Å²) in [5.41, 5.74) is 3.30. The average molecular weight is 430 g/mol. The molecule has 0 aliphatic carbocycles. The third kappa shape index (κ3) is 2.11. The molecule has 0 bridgehead atoms. The van der Waals surface area contributed by atoms with Crippen molar-refractivity contribution in [1.82, 2.24) is 4.90 Å². The SMILES string of the molecule is CCN1C(=O)[C@@]2(c3ccccc31)[C@@H]1C(=O)N(c3ccc(C)cc3C)C(=O)[C@@H]1[C@@H]1CCCN12. The second-order valence-corrected chi connectivity index (χ2v) is 9.54. The highest BCUT2D eigenvalue weighted by molar-refractivity contribution is 6.26. The molecule has 6 rings (SSSR count). The molecular weight excluding hydrogens is 402 g/mol. The van der Waals surface area contributed by atoms with E-state index < -0.39 is 17.4 Å². The van der Waals surface area contributed by atoms with E-state index in [1.165, 1.54) is 4.90 Å². The summed E-state index contributed by atoms with van der Waals surface area (Å²) in [6, 6.07) is 13.5. The number of hydrogen-bond acceptors (Lipinski definition) is 4. The summed E-state index contributed by atoms with van der Waals surface area (Å²) in [4.78, 5) is 47.4. The maximum absolute atomic E-state index is 14.1. The lowest BCUT2D eigenvalue weighted by molar-refractivity contribution is -0.137. The molecule has 0 saturated carbocycles. The van der Waals surface area contributed by atoms with Crippen molar-refractivity contribution in [3.63, 3.8) is 0 Å². The number of benzene rings is 2. The molecule has 3 saturated heterocycles. The van der Waals surface area contributed by atoms with E-state index in [4.69, 9.17) is 0 Å². The Balaban J connectivity index is 1.57. The van der Waals surface area contributed by atoms with Crippen LogP contribution >= 0.6 is 0 Å². The zero-order valence-corrected chi connectivity index (χ0v) is 18.7. The van der Waals surface area contributed by atoms with Crippen LogP contribution in [0.25, 0.3) is 0 Å². The van der Waals surface area contributed by atoms with Crippen LogP contribution in [0.1, 0.15) is 36.5 Å². The number of nitrogens with zero attached hydrogens (tertiary/aromatic N) is 3. The van der Waals surface area contributed by atoms with Gasteiger partial charge in [0.2, 0.25) is 11.8 Å². The first-order chi connectivity index (χ1) is 15.4. The Morgan fingerprint density at radius 1 is 1.00 bits per heavy atom. The number of carbonyl (C=O) groups excluding carboxylic acids is 3. The number of likely N-dealkylation sites (N-methyl/N-ethyl adjacent to an activating group) is 1. The fourth-order valence-corrected chi connectivity index (χ4v) is 6.95. The van der Waals surface area contributed by atoms with Gasteiger partial charge >= 0.3 is 0 Å². The van der Waals surface area contributed by atoms with Gasteiger partial charge in [0.25, 0.3) is 5.91 Å². The molecule has 6 nitrogen and oxygen atoms in total. The lowest BCUT2D eigenvalue weighted by Crippen LogP contribution is -2.56. The van der Waals surface area contributed by atoms with Gasteiger partial charge < -0.3 is 4.90 Å². The van der Waals surface area contributed by atoms with Crippen molar-refractivity contribution in [3.05, 3.63) is 59.2 Å². The van der Waals surface area contributed by atoms with Crippen LogP contribution in [0.4, 0.5) is 11.4 Å². The Labute approximate surface area is 187 Å². The van der Waals surface area contributed by atoms with Crippen LogP contribution in [0, 0.1) is 25.7 Å². The van der Waals surface area contributed by atoms with Crippen molar-refractivity contribution >= 4 is 29.1 Å². The molecule has 0 radical (unpaired) electrons. The average Bonchev–Trinajstić information content (AvgIpc) is 3.47. The van der Waals surface area contributed by atoms with E-state index in [1.54, 1.807) is 4.90 Å². The molecule has 164 valence electrons. The van der Waals surface area contributed by atoms with Crippen LogP contribution in [0.15, 0.2) is 42.5 Å². The molecule has 4 atom stereocenters. The number of para-hydroxylation sites is 1. The van der Waals surface area contributed by atoms with Gasteiger partial charge in [-0.15, -0.1) is 0 Å². The lowest BCUT2D eigenvalue weighted by Gasteiger charge is -2.37. The van der Waals surface area contributed by atoms with Crippen LogP contribution in [-0.2, 0) is 19.9 Å². The minimum atomic E-state index is -1.08. The van der Waals surface area contributed by atoms with Crippen molar-refractivity contribution in [3.8, 4) is 0 Å². The zero-order valence-electron chi connectivity index (χ0n) is 18.7. The molecule has 1 spiro atoms. The van der Waals surface area contributed by atoms with Gasteiger partial charge in [-0.2, -0.15) is 0 Å². The predicted molar refractivity (Wildman–Crippen MR) is 121 cm³/mol. The van der Waals surface area contributed by atoms with Gasteiger partial charge in [-0.05, 0) is 57.9 Å². The summed E-state index contributed by atoms with van der Waals surface area (Å²) >= 11 is 0. The van der Waals surface area contributed by atoms with Crippen molar-refractivity contribution in [1.29, 1.82) is 0 Å². The molecule has 4 heterocycles. The van der Waals surface area contributed by atoms with Crippen molar-refractivity contribution in [2.45, 2.75) is 45.2 Å². The number of rotatable bonds is 2. The van der Waals surface area contributed by atoms with Gasteiger partial charge in [0, 0.05) is 23.8 Å². The molecule has 3 fully saturated rings. The van der Waals surface area contributed by atoms with Gasteiger partial charge in [-0.3, -0.25) is 19.3 Å². The highest BCUT2D eigenvalue weighted by Gasteiger charge is 2.75. The van der Waals surface area contributed by atoms with Crippen LogP contribution in [-0.4, -0.2) is 41.8 Å². The molecule has 2 aromatic rings. The van der Waals surface area contributed by atoms with E-state index >= 15 is 0 Å². The second kappa shape index (κ2) is 6.51. The normalized spacial score (nSPS) is 31.1. The minimum Gasteiger partial charge on any atom is -0.310 e. The standard InChI is InChI=1S/C26H27N3O3/c1-4-27-19-9-6-5-8-17(19)26(25(27)32)22-21(20-10-7-13-28(20)26)23(30)29(24(22)31)18-12-11-15(2)14-16(18)3/h5-6,8-9,11-12,14,20-22H,4,7,10,13H2,1-3H3/t20-,21+,22-,26+/m0/s1. The van der Waals surface area contributed by atoms with E-state index in [2.05, 4.69) is 4.90 Å². The van der Waals surface area contributed by atoms with Crippen LogP contribution in [0.3, 0.4) is 0 Å². The van der Waals surface area contributed by atoms with Crippen LogP contribution < -0.4 is 9.80 Å². The van der Waals surface area contributed by atoms with E-state index in [0.717, 1.165) is 41.8 Å². The molecule has 3 amide bonds. The molecule has 0 N–H and O–H groups in total. The number of hydrogen-bond donors (Lipinski definition) is 0. The Bertz CT molecular complexity index is 1190. The van der Waals surface area contributed by atoms with Crippen molar-refractivity contribution in [2.75, 3.05) is 22.9 Å². The number of carbonyl (C=O) groups is 3. The number of aryl methyl sites for hydroxylation is 2. The number of fused-ring (bicyclic) bond motifs is 7. The molecule has 32 heavy (non-hydrogen) atoms. The smallest absolute Gasteiger partial charge is 0.253 e. The first kappa shape index (κ1) is 19.7. The third-order valence-electron chi connectivity index (χ3n) is 8.05. The fourth-order valence-electron chi connectivity index (χ4n) is 6.95. The topological polar surface area (TPSA) is 60.9 Å².